The second kappa shape index (κ2) is 7.25. The fourth-order valence-electron chi connectivity index (χ4n) is 2.06. The van der Waals surface area contributed by atoms with Crippen molar-refractivity contribution in [3.63, 3.8) is 0 Å². The third-order valence-electron chi connectivity index (χ3n) is 3.24. The largest absolute Gasteiger partial charge is 0.244 e. The summed E-state index contributed by atoms with van der Waals surface area (Å²) in [4.78, 5) is 0.282. The predicted octanol–water partition coefficient (Wildman–Crippen LogP) is 4.24. The Morgan fingerprint density at radius 1 is 1.30 bits per heavy atom. The molecule has 1 aromatic rings. The normalized spacial score (nSPS) is 14.0. The van der Waals surface area contributed by atoms with Gasteiger partial charge in [0.15, 0.2) is 0 Å². The zero-order chi connectivity index (χ0) is 15.5. The van der Waals surface area contributed by atoms with Crippen LogP contribution in [0, 0.1) is 5.92 Å². The number of sulfonamides is 1. The molecule has 0 saturated carbocycles. The highest BCUT2D eigenvalue weighted by molar-refractivity contribution is 9.10. The number of hydrogen-bond acceptors (Lipinski definition) is 2. The molecular formula is C14H21BrClNO2S. The molecule has 0 saturated heterocycles. The summed E-state index contributed by atoms with van der Waals surface area (Å²) in [5, 5.41) is 0. The predicted molar refractivity (Wildman–Crippen MR) is 87.6 cm³/mol. The van der Waals surface area contributed by atoms with Crippen LogP contribution in [0.1, 0.15) is 32.8 Å². The average Bonchev–Trinajstić information content (AvgIpc) is 2.36. The average molecular weight is 383 g/mol. The van der Waals surface area contributed by atoms with Crippen LogP contribution in [0.3, 0.4) is 0 Å². The highest BCUT2D eigenvalue weighted by Crippen LogP contribution is 2.28. The summed E-state index contributed by atoms with van der Waals surface area (Å²) < 4.78 is 27.3. The summed E-state index contributed by atoms with van der Waals surface area (Å²) in [7, 11) is -1.87. The van der Waals surface area contributed by atoms with E-state index in [9.17, 15) is 8.42 Å². The van der Waals surface area contributed by atoms with Gasteiger partial charge in [0.25, 0.3) is 0 Å². The quantitative estimate of drug-likeness (QED) is 0.690. The molecular weight excluding hydrogens is 362 g/mol. The molecule has 0 N–H and O–H groups in total. The molecule has 0 aromatic heterocycles. The van der Waals surface area contributed by atoms with Gasteiger partial charge < -0.3 is 0 Å². The number of rotatable bonds is 6. The van der Waals surface area contributed by atoms with Crippen LogP contribution in [-0.2, 0) is 15.9 Å². The van der Waals surface area contributed by atoms with Gasteiger partial charge in [0.05, 0.1) is 4.90 Å². The second-order valence-electron chi connectivity index (χ2n) is 5.40. The fraction of sp³-hybridized carbons (Fsp3) is 0.571. The maximum Gasteiger partial charge on any atom is 0.244 e. The lowest BCUT2D eigenvalue weighted by Crippen LogP contribution is -2.36. The van der Waals surface area contributed by atoms with Crippen LogP contribution in [0.2, 0.25) is 0 Å². The van der Waals surface area contributed by atoms with Gasteiger partial charge in [-0.1, -0.05) is 19.9 Å². The van der Waals surface area contributed by atoms with Gasteiger partial charge in [0.1, 0.15) is 0 Å². The van der Waals surface area contributed by atoms with Crippen LogP contribution < -0.4 is 0 Å². The molecule has 0 radical (unpaired) electrons. The van der Waals surface area contributed by atoms with Crippen molar-refractivity contribution in [1.29, 1.82) is 0 Å². The van der Waals surface area contributed by atoms with E-state index in [0.717, 1.165) is 12.0 Å². The number of nitrogens with zero attached hydrogens (tertiary/aromatic N) is 1. The summed E-state index contributed by atoms with van der Waals surface area (Å²) in [5.74, 6) is 0.808. The van der Waals surface area contributed by atoms with Gasteiger partial charge in [-0.3, -0.25) is 0 Å². The van der Waals surface area contributed by atoms with Crippen molar-refractivity contribution in [1.82, 2.24) is 4.31 Å². The van der Waals surface area contributed by atoms with Crippen LogP contribution in [-0.4, -0.2) is 25.8 Å². The Kier molecular flexibility index (Phi) is 6.51. The molecule has 0 aliphatic carbocycles. The SMILES string of the molecule is CC(C)CC(C)N(C)S(=O)(=O)c1ccc(CCl)cc1Br. The van der Waals surface area contributed by atoms with E-state index in [1.54, 1.807) is 25.2 Å². The lowest BCUT2D eigenvalue weighted by molar-refractivity contribution is 0.337. The maximum atomic E-state index is 12.6. The first-order valence-corrected chi connectivity index (χ1v) is 9.29. The summed E-state index contributed by atoms with van der Waals surface area (Å²) in [6.45, 7) is 6.10. The summed E-state index contributed by atoms with van der Waals surface area (Å²) >= 11 is 9.08. The van der Waals surface area contributed by atoms with Gasteiger partial charge in [0, 0.05) is 23.4 Å². The van der Waals surface area contributed by atoms with E-state index in [4.69, 9.17) is 11.6 Å². The maximum absolute atomic E-state index is 12.6. The van der Waals surface area contributed by atoms with E-state index in [1.807, 2.05) is 6.92 Å². The molecule has 0 bridgehead atoms. The molecule has 6 heteroatoms. The van der Waals surface area contributed by atoms with Gasteiger partial charge in [0.2, 0.25) is 10.0 Å². The molecule has 0 heterocycles. The Balaban J connectivity index is 3.10. The van der Waals surface area contributed by atoms with Crippen molar-refractivity contribution in [2.75, 3.05) is 7.05 Å². The molecule has 20 heavy (non-hydrogen) atoms. The Bertz CT molecular complexity index is 560. The number of hydrogen-bond donors (Lipinski definition) is 0. The Labute approximate surface area is 135 Å². The molecule has 1 unspecified atom stereocenters. The minimum Gasteiger partial charge on any atom is -0.207 e. The molecule has 114 valence electrons. The molecule has 0 spiro atoms. The monoisotopic (exact) mass is 381 g/mol. The van der Waals surface area contributed by atoms with Crippen molar-refractivity contribution in [3.05, 3.63) is 28.2 Å². The van der Waals surface area contributed by atoms with Crippen LogP contribution in [0.4, 0.5) is 0 Å². The van der Waals surface area contributed by atoms with E-state index in [2.05, 4.69) is 29.8 Å². The lowest BCUT2D eigenvalue weighted by Gasteiger charge is -2.26. The van der Waals surface area contributed by atoms with Gasteiger partial charge in [-0.2, -0.15) is 4.31 Å². The summed E-state index contributed by atoms with van der Waals surface area (Å²) in [6, 6.07) is 5.06. The zero-order valence-electron chi connectivity index (χ0n) is 12.2. The molecule has 0 fully saturated rings. The molecule has 0 amide bonds. The minimum absolute atomic E-state index is 0.0420. The standard InChI is InChI=1S/C14H21BrClNO2S/c1-10(2)7-11(3)17(4)20(18,19)14-6-5-12(9-16)8-13(14)15/h5-6,8,10-11H,7,9H2,1-4H3. The van der Waals surface area contributed by atoms with E-state index >= 15 is 0 Å². The molecule has 1 rings (SSSR count). The highest BCUT2D eigenvalue weighted by Gasteiger charge is 2.27. The first-order chi connectivity index (χ1) is 9.20. The van der Waals surface area contributed by atoms with Crippen molar-refractivity contribution < 1.29 is 8.42 Å². The second-order valence-corrected chi connectivity index (χ2v) is 8.49. The Morgan fingerprint density at radius 3 is 2.35 bits per heavy atom. The summed E-state index contributed by atoms with van der Waals surface area (Å²) in [5.41, 5.74) is 0.885. The zero-order valence-corrected chi connectivity index (χ0v) is 15.4. The topological polar surface area (TPSA) is 37.4 Å². The van der Waals surface area contributed by atoms with E-state index in [1.165, 1.54) is 4.31 Å². The fourth-order valence-corrected chi connectivity index (χ4v) is 4.68. The van der Waals surface area contributed by atoms with Crippen molar-refractivity contribution in [3.8, 4) is 0 Å². The van der Waals surface area contributed by atoms with Crippen molar-refractivity contribution in [2.24, 2.45) is 5.92 Å². The van der Waals surface area contributed by atoms with Crippen LogP contribution in [0.25, 0.3) is 0 Å². The van der Waals surface area contributed by atoms with Crippen LogP contribution in [0.15, 0.2) is 27.6 Å². The van der Waals surface area contributed by atoms with Gasteiger partial charge >= 0.3 is 0 Å². The molecule has 0 aliphatic rings. The van der Waals surface area contributed by atoms with Gasteiger partial charge in [-0.15, -0.1) is 11.6 Å². The van der Waals surface area contributed by atoms with Gasteiger partial charge in [-0.25, -0.2) is 8.42 Å². The first-order valence-electron chi connectivity index (χ1n) is 6.52. The first kappa shape index (κ1) is 18.0. The molecule has 0 aliphatic heterocycles. The number of benzene rings is 1. The van der Waals surface area contributed by atoms with E-state index in [0.29, 0.717) is 16.3 Å². The van der Waals surface area contributed by atoms with Crippen LogP contribution in [0.5, 0.6) is 0 Å². The molecule has 1 atom stereocenters. The molecule has 1 aromatic carbocycles. The number of halogens is 2. The van der Waals surface area contributed by atoms with Crippen molar-refractivity contribution in [2.45, 2.75) is 44.0 Å². The number of alkyl halides is 1. The van der Waals surface area contributed by atoms with Gasteiger partial charge in [-0.05, 0) is 52.9 Å². The van der Waals surface area contributed by atoms with E-state index < -0.39 is 10.0 Å². The third-order valence-corrected chi connectivity index (χ3v) is 6.50. The van der Waals surface area contributed by atoms with Crippen LogP contribution >= 0.6 is 27.5 Å². The lowest BCUT2D eigenvalue weighted by atomic mass is 10.1. The highest BCUT2D eigenvalue weighted by atomic mass is 79.9. The molecule has 3 nitrogen and oxygen atoms in total. The Hall–Kier alpha value is -0.100. The Morgan fingerprint density at radius 2 is 1.90 bits per heavy atom. The van der Waals surface area contributed by atoms with E-state index in [-0.39, 0.29) is 10.9 Å². The smallest absolute Gasteiger partial charge is 0.207 e. The van der Waals surface area contributed by atoms with Crippen molar-refractivity contribution >= 4 is 37.6 Å². The third kappa shape index (κ3) is 4.20. The minimum atomic E-state index is -3.50. The summed E-state index contributed by atoms with van der Waals surface area (Å²) in [6.07, 6.45) is 0.827.